The molecule has 0 bridgehead atoms. The first-order valence-electron chi connectivity index (χ1n) is 7.49. The Morgan fingerprint density at radius 1 is 1.35 bits per heavy atom. The Bertz CT molecular complexity index is 625. The van der Waals surface area contributed by atoms with Crippen LogP contribution in [0.1, 0.15) is 37.7 Å². The summed E-state index contributed by atoms with van der Waals surface area (Å²) in [6.45, 7) is 10.7. The molecule has 1 amide bonds. The van der Waals surface area contributed by atoms with Gasteiger partial charge in [-0.15, -0.1) is 11.5 Å². The molecule has 0 radical (unpaired) electrons. The van der Waals surface area contributed by atoms with Crippen molar-refractivity contribution in [1.29, 1.82) is 0 Å². The van der Waals surface area contributed by atoms with Crippen molar-refractivity contribution in [3.63, 3.8) is 0 Å². The maximum Gasteiger partial charge on any atom is 0.327 e. The molecule has 0 aliphatic carbocycles. The molecular weight excluding hydrogens is 308 g/mol. The first-order chi connectivity index (χ1) is 10.5. The number of hydrogen-bond acceptors (Lipinski definition) is 3. The molecule has 0 fully saturated rings. The lowest BCUT2D eigenvalue weighted by atomic mass is 10.2. The molecule has 124 valence electrons. The Labute approximate surface area is 138 Å². The lowest BCUT2D eigenvalue weighted by Crippen LogP contribution is -2.41. The van der Waals surface area contributed by atoms with Gasteiger partial charge in [-0.05, 0) is 17.2 Å². The van der Waals surface area contributed by atoms with Crippen molar-refractivity contribution in [2.45, 2.75) is 51.4 Å². The average Bonchev–Trinajstić information content (AvgIpc) is 2.45. The van der Waals surface area contributed by atoms with Crippen molar-refractivity contribution in [3.8, 4) is 11.5 Å². The highest BCUT2D eigenvalue weighted by atomic mass is 28.3. The highest BCUT2D eigenvalue weighted by Gasteiger charge is 2.33. The van der Waals surface area contributed by atoms with Gasteiger partial charge in [-0.2, -0.15) is 0 Å². The second kappa shape index (κ2) is 7.42. The maximum atomic E-state index is 12.0. The van der Waals surface area contributed by atoms with Crippen LogP contribution in [0.15, 0.2) is 24.4 Å². The summed E-state index contributed by atoms with van der Waals surface area (Å²) in [5, 5.41) is 11.8. The van der Waals surface area contributed by atoms with E-state index in [2.05, 4.69) is 55.6 Å². The van der Waals surface area contributed by atoms with Gasteiger partial charge in [-0.25, -0.2) is 4.79 Å². The van der Waals surface area contributed by atoms with E-state index in [1.807, 2.05) is 0 Å². The Morgan fingerprint density at radius 2 is 2.00 bits per heavy atom. The topological polar surface area (TPSA) is 79.3 Å². The Hall–Kier alpha value is -2.13. The van der Waals surface area contributed by atoms with Gasteiger partial charge >= 0.3 is 5.97 Å². The predicted octanol–water partition coefficient (Wildman–Crippen LogP) is 2.71. The number of aliphatic carboxylic acids is 1. The van der Waals surface area contributed by atoms with E-state index >= 15 is 0 Å². The Kier molecular flexibility index (Phi) is 6.10. The molecule has 5 nitrogen and oxygen atoms in total. The number of carboxylic acids is 1. The summed E-state index contributed by atoms with van der Waals surface area (Å²) in [6.07, 6.45) is 1.57. The number of rotatable bonds is 4. The van der Waals surface area contributed by atoms with Crippen LogP contribution in [-0.4, -0.2) is 36.1 Å². The van der Waals surface area contributed by atoms with Crippen LogP contribution >= 0.6 is 0 Å². The molecule has 1 rings (SSSR count). The lowest BCUT2D eigenvalue weighted by Gasteiger charge is -2.31. The molecule has 0 aromatic carbocycles. The molecule has 0 aliphatic rings. The SMILES string of the molecule is CC(C)(C)[Si](C)(C)C#CC[C@@H](NC(=O)c1ccccn1)C(=O)O. The van der Waals surface area contributed by atoms with Crippen LogP contribution in [0.5, 0.6) is 0 Å². The highest BCUT2D eigenvalue weighted by molar-refractivity contribution is 6.87. The second-order valence-corrected chi connectivity index (χ2v) is 12.0. The number of amides is 1. The molecule has 0 spiro atoms. The van der Waals surface area contributed by atoms with Gasteiger partial charge in [0.2, 0.25) is 0 Å². The van der Waals surface area contributed by atoms with Gasteiger partial charge in [-0.3, -0.25) is 9.78 Å². The molecule has 1 aromatic rings. The van der Waals surface area contributed by atoms with E-state index in [1.165, 1.54) is 12.3 Å². The molecule has 23 heavy (non-hydrogen) atoms. The van der Waals surface area contributed by atoms with E-state index in [4.69, 9.17) is 0 Å². The molecular formula is C17H24N2O3Si. The minimum absolute atomic E-state index is 0.0837. The van der Waals surface area contributed by atoms with Crippen molar-refractivity contribution < 1.29 is 14.7 Å². The molecule has 6 heteroatoms. The van der Waals surface area contributed by atoms with Gasteiger partial charge in [0.05, 0.1) is 0 Å². The largest absolute Gasteiger partial charge is 0.480 e. The zero-order valence-corrected chi connectivity index (χ0v) is 15.3. The third kappa shape index (κ3) is 5.53. The summed E-state index contributed by atoms with van der Waals surface area (Å²) in [6, 6.07) is 3.86. The minimum Gasteiger partial charge on any atom is -0.480 e. The van der Waals surface area contributed by atoms with E-state index in [9.17, 15) is 14.7 Å². The smallest absolute Gasteiger partial charge is 0.327 e. The standard InChI is InChI=1S/C17H24N2O3Si/c1-17(2,3)23(4,5)12-8-10-14(16(21)22)19-15(20)13-9-6-7-11-18-13/h6-7,9,11,14H,10H2,1-5H3,(H,19,20)(H,21,22)/t14-/m1/s1. The number of carboxylic acid groups (broad SMARTS) is 1. The monoisotopic (exact) mass is 332 g/mol. The summed E-state index contributed by atoms with van der Waals surface area (Å²) < 4.78 is 0. The van der Waals surface area contributed by atoms with E-state index < -0.39 is 26.0 Å². The number of nitrogens with one attached hydrogen (secondary N) is 1. The van der Waals surface area contributed by atoms with Gasteiger partial charge in [0.15, 0.2) is 0 Å². The number of hydrogen-bond donors (Lipinski definition) is 2. The van der Waals surface area contributed by atoms with Gasteiger partial charge in [0, 0.05) is 12.6 Å². The zero-order valence-electron chi connectivity index (χ0n) is 14.3. The summed E-state index contributed by atoms with van der Waals surface area (Å²) in [7, 11) is -1.79. The van der Waals surface area contributed by atoms with E-state index in [1.54, 1.807) is 12.1 Å². The average molecular weight is 332 g/mol. The van der Waals surface area contributed by atoms with Crippen molar-refractivity contribution in [3.05, 3.63) is 30.1 Å². The Balaban J connectivity index is 2.79. The van der Waals surface area contributed by atoms with Gasteiger partial charge in [0.1, 0.15) is 19.8 Å². The van der Waals surface area contributed by atoms with E-state index in [-0.39, 0.29) is 17.2 Å². The van der Waals surface area contributed by atoms with Gasteiger partial charge in [-0.1, -0.05) is 39.9 Å². The molecule has 0 aliphatic heterocycles. The number of carbonyl (C=O) groups is 2. The Morgan fingerprint density at radius 3 is 2.48 bits per heavy atom. The fraction of sp³-hybridized carbons (Fsp3) is 0.471. The number of pyridine rings is 1. The second-order valence-electron chi connectivity index (χ2n) is 6.96. The zero-order chi connectivity index (χ0) is 17.7. The lowest BCUT2D eigenvalue weighted by molar-refractivity contribution is -0.139. The van der Waals surface area contributed by atoms with Crippen LogP contribution in [0, 0.1) is 11.5 Å². The molecule has 1 aromatic heterocycles. The number of nitrogens with zero attached hydrogens (tertiary/aromatic N) is 1. The van der Waals surface area contributed by atoms with E-state index in [0.29, 0.717) is 0 Å². The van der Waals surface area contributed by atoms with Crippen molar-refractivity contribution in [2.75, 3.05) is 0 Å². The van der Waals surface area contributed by atoms with Crippen molar-refractivity contribution in [2.24, 2.45) is 0 Å². The summed E-state index contributed by atoms with van der Waals surface area (Å²) >= 11 is 0. The molecule has 0 saturated carbocycles. The van der Waals surface area contributed by atoms with Crippen LogP contribution < -0.4 is 5.32 Å². The molecule has 1 atom stereocenters. The summed E-state index contributed by atoms with van der Waals surface area (Å²) in [5.41, 5.74) is 3.45. The highest BCUT2D eigenvalue weighted by Crippen LogP contribution is 2.35. The summed E-state index contributed by atoms with van der Waals surface area (Å²) in [5.74, 6) is 1.36. The van der Waals surface area contributed by atoms with Gasteiger partial charge in [0.25, 0.3) is 5.91 Å². The molecule has 0 unspecified atom stereocenters. The molecule has 0 saturated heterocycles. The fourth-order valence-corrected chi connectivity index (χ4v) is 2.41. The minimum atomic E-state index is -1.79. The van der Waals surface area contributed by atoms with Crippen LogP contribution in [0.3, 0.4) is 0 Å². The van der Waals surface area contributed by atoms with Crippen molar-refractivity contribution >= 4 is 20.0 Å². The predicted molar refractivity (Wildman–Crippen MR) is 92.7 cm³/mol. The first kappa shape index (κ1) is 18.9. The third-order valence-corrected chi connectivity index (χ3v) is 8.63. The van der Waals surface area contributed by atoms with Crippen molar-refractivity contribution in [1.82, 2.24) is 10.3 Å². The number of aromatic nitrogens is 1. The fourth-order valence-electron chi connectivity index (χ4n) is 1.49. The summed E-state index contributed by atoms with van der Waals surface area (Å²) in [4.78, 5) is 27.2. The van der Waals surface area contributed by atoms with Crippen LogP contribution in [-0.2, 0) is 4.79 Å². The first-order valence-corrected chi connectivity index (χ1v) is 10.5. The van der Waals surface area contributed by atoms with Gasteiger partial charge < -0.3 is 10.4 Å². The maximum absolute atomic E-state index is 12.0. The quantitative estimate of drug-likeness (QED) is 0.656. The normalized spacial score (nSPS) is 12.7. The third-order valence-electron chi connectivity index (χ3n) is 4.08. The van der Waals surface area contributed by atoms with Crippen LogP contribution in [0.2, 0.25) is 18.1 Å². The van der Waals surface area contributed by atoms with E-state index in [0.717, 1.165) is 0 Å². The van der Waals surface area contributed by atoms with Crippen LogP contribution in [0.25, 0.3) is 0 Å². The molecule has 1 heterocycles. The van der Waals surface area contributed by atoms with Crippen LogP contribution in [0.4, 0.5) is 0 Å². The molecule has 2 N–H and O–H groups in total. The number of carbonyl (C=O) groups excluding carboxylic acids is 1.